The second-order valence-electron chi connectivity index (χ2n) is 5.60. The summed E-state index contributed by atoms with van der Waals surface area (Å²) < 4.78 is 26.7. The van der Waals surface area contributed by atoms with Gasteiger partial charge in [0.2, 0.25) is 0 Å². The third-order valence-electron chi connectivity index (χ3n) is 3.89. The smallest absolute Gasteiger partial charge is 0.257 e. The minimum atomic E-state index is -2.60. The van der Waals surface area contributed by atoms with E-state index in [4.69, 9.17) is 0 Å². The highest BCUT2D eigenvalue weighted by atomic mass is 19.3. The Labute approximate surface area is 95.0 Å². The standard InChI is InChI=1S/C12H19F2NO/c1-6(2)11(16)10-9-8(12(9,13)14)5-15(10)7(3)4/h6-10H,5H2,1-4H3/t8-,9-,10-/m0/s1. The summed E-state index contributed by atoms with van der Waals surface area (Å²) in [4.78, 5) is 13.9. The zero-order valence-electron chi connectivity index (χ0n) is 10.2. The van der Waals surface area contributed by atoms with Crippen LogP contribution in [-0.2, 0) is 4.79 Å². The van der Waals surface area contributed by atoms with Crippen LogP contribution in [0, 0.1) is 17.8 Å². The summed E-state index contributed by atoms with van der Waals surface area (Å²) in [6.07, 6.45) is 0. The van der Waals surface area contributed by atoms with Gasteiger partial charge < -0.3 is 0 Å². The van der Waals surface area contributed by atoms with Gasteiger partial charge in [0, 0.05) is 24.4 Å². The van der Waals surface area contributed by atoms with Gasteiger partial charge >= 0.3 is 0 Å². The van der Waals surface area contributed by atoms with E-state index < -0.39 is 23.8 Å². The minimum Gasteiger partial charge on any atom is -0.298 e. The highest BCUT2D eigenvalue weighted by molar-refractivity contribution is 5.87. The number of fused-ring (bicyclic) bond motifs is 1. The lowest BCUT2D eigenvalue weighted by atomic mass is 9.97. The van der Waals surface area contributed by atoms with Crippen molar-refractivity contribution < 1.29 is 13.6 Å². The predicted octanol–water partition coefficient (Wildman–Crippen LogP) is 2.19. The van der Waals surface area contributed by atoms with Crippen LogP contribution in [0.4, 0.5) is 8.78 Å². The third kappa shape index (κ3) is 1.50. The molecule has 1 saturated heterocycles. The summed E-state index contributed by atoms with van der Waals surface area (Å²) in [5.74, 6) is -4.09. The molecule has 0 N–H and O–H groups in total. The number of carbonyl (C=O) groups is 1. The fraction of sp³-hybridized carbons (Fsp3) is 0.917. The molecule has 1 saturated carbocycles. The van der Waals surface area contributed by atoms with Crippen LogP contribution in [-0.4, -0.2) is 35.2 Å². The van der Waals surface area contributed by atoms with Gasteiger partial charge in [-0.1, -0.05) is 13.8 Å². The molecule has 1 aliphatic carbocycles. The molecule has 16 heavy (non-hydrogen) atoms. The topological polar surface area (TPSA) is 20.3 Å². The van der Waals surface area contributed by atoms with Crippen LogP contribution in [0.25, 0.3) is 0 Å². The second kappa shape index (κ2) is 3.49. The minimum absolute atomic E-state index is 0.0293. The number of nitrogens with zero attached hydrogens (tertiary/aromatic N) is 1. The SMILES string of the molecule is CC(C)C(=O)[C@@H]1[C@@H]2[C@H](CN1C(C)C)C2(F)F. The number of hydrogen-bond donors (Lipinski definition) is 0. The average Bonchev–Trinajstić information content (AvgIpc) is 2.60. The van der Waals surface area contributed by atoms with E-state index in [0.29, 0.717) is 6.54 Å². The Bertz CT molecular complexity index is 312. The van der Waals surface area contributed by atoms with E-state index in [1.54, 1.807) is 13.8 Å². The van der Waals surface area contributed by atoms with Gasteiger partial charge in [-0.25, -0.2) is 8.78 Å². The maximum absolute atomic E-state index is 13.4. The van der Waals surface area contributed by atoms with Crippen molar-refractivity contribution in [2.75, 3.05) is 6.54 Å². The van der Waals surface area contributed by atoms with Crippen LogP contribution in [0.15, 0.2) is 0 Å². The fourth-order valence-electron chi connectivity index (χ4n) is 2.84. The number of alkyl halides is 2. The molecule has 0 aromatic carbocycles. The number of halogens is 2. The molecule has 92 valence electrons. The maximum Gasteiger partial charge on any atom is 0.257 e. The van der Waals surface area contributed by atoms with Gasteiger partial charge in [0.25, 0.3) is 5.92 Å². The Morgan fingerprint density at radius 2 is 1.88 bits per heavy atom. The molecule has 0 amide bonds. The van der Waals surface area contributed by atoms with Crippen molar-refractivity contribution in [2.45, 2.75) is 45.7 Å². The molecule has 1 aliphatic heterocycles. The first-order valence-corrected chi connectivity index (χ1v) is 5.95. The van der Waals surface area contributed by atoms with Crippen LogP contribution >= 0.6 is 0 Å². The summed E-state index contributed by atoms with van der Waals surface area (Å²) in [5.41, 5.74) is 0. The van der Waals surface area contributed by atoms with Crippen molar-refractivity contribution in [3.05, 3.63) is 0 Å². The lowest BCUT2D eigenvalue weighted by Gasteiger charge is -2.32. The molecule has 4 heteroatoms. The Morgan fingerprint density at radius 3 is 2.31 bits per heavy atom. The number of Topliss-reactive ketones (excluding diaryl/α,β-unsaturated/α-hetero) is 1. The van der Waals surface area contributed by atoms with Gasteiger partial charge in [-0.05, 0) is 13.8 Å². The number of ketones is 1. The van der Waals surface area contributed by atoms with Gasteiger partial charge in [-0.2, -0.15) is 0 Å². The molecular formula is C12H19F2NO. The zero-order valence-corrected chi connectivity index (χ0v) is 10.2. The van der Waals surface area contributed by atoms with E-state index in [0.717, 1.165) is 0 Å². The Balaban J connectivity index is 2.20. The maximum atomic E-state index is 13.4. The van der Waals surface area contributed by atoms with Gasteiger partial charge in [-0.3, -0.25) is 9.69 Å². The molecule has 0 unspecified atom stereocenters. The molecule has 0 aromatic heterocycles. The van der Waals surface area contributed by atoms with E-state index in [1.165, 1.54) is 0 Å². The molecule has 0 aromatic rings. The lowest BCUT2D eigenvalue weighted by Crippen LogP contribution is -2.47. The first-order chi connectivity index (χ1) is 7.28. The molecule has 0 radical (unpaired) electrons. The van der Waals surface area contributed by atoms with Crippen LogP contribution in [0.3, 0.4) is 0 Å². The van der Waals surface area contributed by atoms with E-state index in [-0.39, 0.29) is 17.7 Å². The first kappa shape index (κ1) is 12.0. The molecule has 2 aliphatic rings. The highest BCUT2D eigenvalue weighted by Gasteiger charge is 2.76. The number of likely N-dealkylation sites (tertiary alicyclic amines) is 1. The molecular weight excluding hydrogens is 212 g/mol. The fourth-order valence-corrected chi connectivity index (χ4v) is 2.84. The average molecular weight is 231 g/mol. The number of carbonyl (C=O) groups excluding carboxylic acids is 1. The van der Waals surface area contributed by atoms with Crippen molar-refractivity contribution in [3.8, 4) is 0 Å². The normalized spacial score (nSPS) is 36.9. The largest absolute Gasteiger partial charge is 0.298 e. The van der Waals surface area contributed by atoms with Gasteiger partial charge in [0.1, 0.15) is 0 Å². The van der Waals surface area contributed by atoms with E-state index in [2.05, 4.69) is 0 Å². The monoisotopic (exact) mass is 231 g/mol. The van der Waals surface area contributed by atoms with E-state index >= 15 is 0 Å². The number of rotatable bonds is 3. The summed E-state index contributed by atoms with van der Waals surface area (Å²) in [5, 5.41) is 0. The molecule has 1 heterocycles. The molecule has 2 nitrogen and oxygen atoms in total. The zero-order chi connectivity index (χ0) is 12.2. The third-order valence-corrected chi connectivity index (χ3v) is 3.89. The summed E-state index contributed by atoms with van der Waals surface area (Å²) in [7, 11) is 0. The van der Waals surface area contributed by atoms with Crippen LogP contribution in [0.2, 0.25) is 0 Å². The Hall–Kier alpha value is -0.510. The van der Waals surface area contributed by atoms with Crippen molar-refractivity contribution in [3.63, 3.8) is 0 Å². The van der Waals surface area contributed by atoms with Crippen molar-refractivity contribution in [2.24, 2.45) is 17.8 Å². The first-order valence-electron chi connectivity index (χ1n) is 5.95. The summed E-state index contributed by atoms with van der Waals surface area (Å²) in [6, 6.07) is -0.392. The number of piperidine rings is 1. The van der Waals surface area contributed by atoms with Crippen LogP contribution < -0.4 is 0 Å². The number of hydrogen-bond acceptors (Lipinski definition) is 2. The molecule has 3 atom stereocenters. The lowest BCUT2D eigenvalue weighted by molar-refractivity contribution is -0.129. The van der Waals surface area contributed by atoms with Crippen LogP contribution in [0.5, 0.6) is 0 Å². The van der Waals surface area contributed by atoms with Crippen molar-refractivity contribution >= 4 is 5.78 Å². The van der Waals surface area contributed by atoms with Gasteiger partial charge in [0.15, 0.2) is 5.78 Å². The summed E-state index contributed by atoms with van der Waals surface area (Å²) in [6.45, 7) is 7.87. The molecule has 2 rings (SSSR count). The predicted molar refractivity (Wildman–Crippen MR) is 57.4 cm³/mol. The van der Waals surface area contributed by atoms with Gasteiger partial charge in [-0.15, -0.1) is 0 Å². The van der Waals surface area contributed by atoms with Crippen LogP contribution in [0.1, 0.15) is 27.7 Å². The van der Waals surface area contributed by atoms with Gasteiger partial charge in [0.05, 0.1) is 12.0 Å². The summed E-state index contributed by atoms with van der Waals surface area (Å²) >= 11 is 0. The van der Waals surface area contributed by atoms with E-state index in [9.17, 15) is 13.6 Å². The van der Waals surface area contributed by atoms with Crippen molar-refractivity contribution in [1.82, 2.24) is 4.90 Å². The quantitative estimate of drug-likeness (QED) is 0.742. The highest BCUT2D eigenvalue weighted by Crippen LogP contribution is 2.62. The van der Waals surface area contributed by atoms with E-state index in [1.807, 2.05) is 18.7 Å². The second-order valence-corrected chi connectivity index (χ2v) is 5.60. The van der Waals surface area contributed by atoms with Crippen molar-refractivity contribution in [1.29, 1.82) is 0 Å². The molecule has 0 spiro atoms. The molecule has 2 fully saturated rings. The Morgan fingerprint density at radius 1 is 1.31 bits per heavy atom. The molecule has 0 bridgehead atoms. The Kier molecular flexibility index (Phi) is 2.61.